The maximum absolute atomic E-state index is 13.5. The molecule has 1 atom stereocenters. The summed E-state index contributed by atoms with van der Waals surface area (Å²) in [5.41, 5.74) is 1.46. The molecule has 1 heterocycles. The second-order valence-electron chi connectivity index (χ2n) is 5.79. The Bertz CT molecular complexity index is 801. The number of carbonyl (C=O) groups excluding carboxylic acids is 2. The summed E-state index contributed by atoms with van der Waals surface area (Å²) >= 11 is 2.98. The van der Waals surface area contributed by atoms with Gasteiger partial charge in [0.25, 0.3) is 0 Å². The molecule has 1 aliphatic rings. The second kappa shape index (κ2) is 9.09. The van der Waals surface area contributed by atoms with E-state index >= 15 is 0 Å². The average molecular weight is 391 g/mol. The highest BCUT2D eigenvalue weighted by Gasteiger charge is 2.28. The van der Waals surface area contributed by atoms with Crippen LogP contribution in [0.3, 0.4) is 0 Å². The largest absolute Gasteiger partial charge is 0.355 e. The van der Waals surface area contributed by atoms with Gasteiger partial charge in [0, 0.05) is 29.4 Å². The topological polar surface area (TPSA) is 58.2 Å². The van der Waals surface area contributed by atoms with Gasteiger partial charge in [0.05, 0.1) is 10.9 Å². The van der Waals surface area contributed by atoms with Gasteiger partial charge in [-0.05, 0) is 23.8 Å². The number of halogens is 1. The Morgan fingerprint density at radius 3 is 2.81 bits per heavy atom. The number of anilines is 1. The fraction of sp³-hybridized carbons (Fsp3) is 0.263. The summed E-state index contributed by atoms with van der Waals surface area (Å²) in [7, 11) is 0. The predicted octanol–water partition coefficient (Wildman–Crippen LogP) is 3.68. The van der Waals surface area contributed by atoms with Gasteiger partial charge in [-0.1, -0.05) is 30.3 Å². The number of fused-ring (bicyclic) bond motifs is 1. The molecule has 26 heavy (non-hydrogen) atoms. The molecule has 0 saturated carbocycles. The number of benzene rings is 2. The Labute approximate surface area is 160 Å². The first-order chi connectivity index (χ1) is 12.6. The van der Waals surface area contributed by atoms with E-state index in [1.54, 1.807) is 23.9 Å². The van der Waals surface area contributed by atoms with Gasteiger partial charge < -0.3 is 10.6 Å². The Hall–Kier alpha value is -1.99. The van der Waals surface area contributed by atoms with Crippen LogP contribution in [0.5, 0.6) is 0 Å². The summed E-state index contributed by atoms with van der Waals surface area (Å²) in [6.07, 6.45) is 0.142. The lowest BCUT2D eigenvalue weighted by atomic mass is 10.2. The van der Waals surface area contributed by atoms with E-state index in [1.807, 2.05) is 30.3 Å². The first-order valence-corrected chi connectivity index (χ1v) is 10.3. The molecule has 2 aromatic rings. The van der Waals surface area contributed by atoms with Crippen molar-refractivity contribution in [3.63, 3.8) is 0 Å². The van der Waals surface area contributed by atoms with Crippen molar-refractivity contribution in [2.45, 2.75) is 22.3 Å². The molecular formula is C19H19FN2O2S2. The zero-order valence-corrected chi connectivity index (χ0v) is 15.7. The number of amides is 2. The summed E-state index contributed by atoms with van der Waals surface area (Å²) in [5.74, 6) is 0.763. The fourth-order valence-electron chi connectivity index (χ4n) is 2.53. The van der Waals surface area contributed by atoms with E-state index in [-0.39, 0.29) is 24.1 Å². The summed E-state index contributed by atoms with van der Waals surface area (Å²) in [5, 5.41) is 5.24. The molecule has 136 valence electrons. The Morgan fingerprint density at radius 1 is 1.19 bits per heavy atom. The number of rotatable bonds is 7. The van der Waals surface area contributed by atoms with Gasteiger partial charge in [-0.15, -0.1) is 11.8 Å². The SMILES string of the molecule is O=C(C[C@@H]1Sc2ccccc2NC1=O)NCCSCc1ccccc1F. The van der Waals surface area contributed by atoms with Gasteiger partial charge in [-0.2, -0.15) is 11.8 Å². The second-order valence-corrected chi connectivity index (χ2v) is 8.14. The minimum absolute atomic E-state index is 0.141. The van der Waals surface area contributed by atoms with Crippen LogP contribution < -0.4 is 10.6 Å². The van der Waals surface area contributed by atoms with Crippen LogP contribution in [-0.4, -0.2) is 29.4 Å². The maximum Gasteiger partial charge on any atom is 0.238 e. The first-order valence-electron chi connectivity index (χ1n) is 8.28. The minimum atomic E-state index is -0.420. The molecule has 7 heteroatoms. The van der Waals surface area contributed by atoms with Crippen LogP contribution in [0.15, 0.2) is 53.4 Å². The first kappa shape index (κ1) is 18.8. The van der Waals surface area contributed by atoms with Crippen molar-refractivity contribution in [3.05, 3.63) is 59.9 Å². The molecule has 0 radical (unpaired) electrons. The molecule has 0 aromatic heterocycles. The van der Waals surface area contributed by atoms with Crippen LogP contribution >= 0.6 is 23.5 Å². The lowest BCUT2D eigenvalue weighted by molar-refractivity contribution is -0.123. The maximum atomic E-state index is 13.5. The molecule has 0 aliphatic carbocycles. The van der Waals surface area contributed by atoms with Gasteiger partial charge >= 0.3 is 0 Å². The van der Waals surface area contributed by atoms with Crippen molar-refractivity contribution in [1.82, 2.24) is 5.32 Å². The average Bonchev–Trinajstić information content (AvgIpc) is 2.63. The minimum Gasteiger partial charge on any atom is -0.355 e. The molecule has 2 N–H and O–H groups in total. The van der Waals surface area contributed by atoms with E-state index in [1.165, 1.54) is 17.8 Å². The van der Waals surface area contributed by atoms with E-state index in [0.717, 1.165) is 10.6 Å². The number of carbonyl (C=O) groups is 2. The van der Waals surface area contributed by atoms with Crippen molar-refractivity contribution in [3.8, 4) is 0 Å². The molecule has 2 amide bonds. The molecule has 0 bridgehead atoms. The van der Waals surface area contributed by atoms with Gasteiger partial charge in [0.2, 0.25) is 11.8 Å². The molecule has 3 rings (SSSR count). The van der Waals surface area contributed by atoms with Gasteiger partial charge in [-0.25, -0.2) is 4.39 Å². The smallest absolute Gasteiger partial charge is 0.238 e. The molecule has 0 fully saturated rings. The zero-order valence-electron chi connectivity index (χ0n) is 14.0. The quantitative estimate of drug-likeness (QED) is 0.708. The molecule has 0 unspecified atom stereocenters. The summed E-state index contributed by atoms with van der Waals surface area (Å²) < 4.78 is 13.5. The Morgan fingerprint density at radius 2 is 1.96 bits per heavy atom. The molecule has 4 nitrogen and oxygen atoms in total. The number of para-hydroxylation sites is 1. The highest BCUT2D eigenvalue weighted by atomic mass is 32.2. The van der Waals surface area contributed by atoms with Crippen molar-refractivity contribution >= 4 is 41.0 Å². The zero-order chi connectivity index (χ0) is 18.4. The van der Waals surface area contributed by atoms with Crippen LogP contribution in [0.25, 0.3) is 0 Å². The number of hydrogen-bond donors (Lipinski definition) is 2. The van der Waals surface area contributed by atoms with E-state index in [0.29, 0.717) is 23.6 Å². The Balaban J connectivity index is 1.38. The monoisotopic (exact) mass is 390 g/mol. The molecule has 0 saturated heterocycles. The molecular weight excluding hydrogens is 371 g/mol. The van der Waals surface area contributed by atoms with E-state index in [2.05, 4.69) is 10.6 Å². The lowest BCUT2D eigenvalue weighted by Crippen LogP contribution is -2.35. The fourth-order valence-corrected chi connectivity index (χ4v) is 4.48. The van der Waals surface area contributed by atoms with E-state index < -0.39 is 5.25 Å². The summed E-state index contributed by atoms with van der Waals surface area (Å²) in [6, 6.07) is 14.2. The Kier molecular flexibility index (Phi) is 6.57. The van der Waals surface area contributed by atoms with Gasteiger partial charge in [0.1, 0.15) is 5.82 Å². The molecule has 0 spiro atoms. The third-order valence-electron chi connectivity index (χ3n) is 3.86. The van der Waals surface area contributed by atoms with Crippen LogP contribution in [-0.2, 0) is 15.3 Å². The third-order valence-corrected chi connectivity index (χ3v) is 6.14. The van der Waals surface area contributed by atoms with Crippen LogP contribution in [0, 0.1) is 5.82 Å². The van der Waals surface area contributed by atoms with Gasteiger partial charge in [-0.3, -0.25) is 9.59 Å². The summed E-state index contributed by atoms with van der Waals surface area (Å²) in [6.45, 7) is 0.494. The number of nitrogens with one attached hydrogen (secondary N) is 2. The van der Waals surface area contributed by atoms with Gasteiger partial charge in [0.15, 0.2) is 0 Å². The van der Waals surface area contributed by atoms with Crippen molar-refractivity contribution in [2.75, 3.05) is 17.6 Å². The highest BCUT2D eigenvalue weighted by Crippen LogP contribution is 2.36. The third kappa shape index (κ3) is 5.02. The normalized spacial score (nSPS) is 15.9. The van der Waals surface area contributed by atoms with Crippen molar-refractivity contribution < 1.29 is 14.0 Å². The number of hydrogen-bond acceptors (Lipinski definition) is 4. The predicted molar refractivity (Wildman–Crippen MR) is 105 cm³/mol. The van der Waals surface area contributed by atoms with Crippen molar-refractivity contribution in [1.29, 1.82) is 0 Å². The highest BCUT2D eigenvalue weighted by molar-refractivity contribution is 8.01. The van der Waals surface area contributed by atoms with Crippen LogP contribution in [0.1, 0.15) is 12.0 Å². The van der Waals surface area contributed by atoms with Crippen LogP contribution in [0.4, 0.5) is 10.1 Å². The lowest BCUT2D eigenvalue weighted by Gasteiger charge is -2.23. The number of thioether (sulfide) groups is 2. The standard InChI is InChI=1S/C19H19FN2O2S2/c20-14-6-2-1-5-13(14)12-25-10-9-21-18(23)11-17-19(24)22-15-7-3-4-8-16(15)26-17/h1-8,17H,9-12H2,(H,21,23)(H,22,24)/t17-/m0/s1. The van der Waals surface area contributed by atoms with Crippen LogP contribution in [0.2, 0.25) is 0 Å². The summed E-state index contributed by atoms with van der Waals surface area (Å²) in [4.78, 5) is 25.2. The molecule has 2 aromatic carbocycles. The van der Waals surface area contributed by atoms with Crippen molar-refractivity contribution in [2.24, 2.45) is 0 Å². The van der Waals surface area contributed by atoms with E-state index in [4.69, 9.17) is 0 Å². The van der Waals surface area contributed by atoms with E-state index in [9.17, 15) is 14.0 Å². The molecule has 1 aliphatic heterocycles.